The van der Waals surface area contributed by atoms with Crippen LogP contribution in [0, 0.1) is 0 Å². The minimum Gasteiger partial charge on any atom is -0.387 e. The molecule has 5 heteroatoms. The van der Waals surface area contributed by atoms with E-state index in [1.807, 2.05) is 30.3 Å². The van der Waals surface area contributed by atoms with Gasteiger partial charge in [-0.25, -0.2) is 4.98 Å². The van der Waals surface area contributed by atoms with Crippen molar-refractivity contribution in [3.63, 3.8) is 0 Å². The van der Waals surface area contributed by atoms with Crippen molar-refractivity contribution in [1.29, 1.82) is 0 Å². The van der Waals surface area contributed by atoms with Crippen molar-refractivity contribution in [3.05, 3.63) is 70.3 Å². The van der Waals surface area contributed by atoms with Crippen molar-refractivity contribution in [2.24, 2.45) is 0 Å². The number of fused-ring (bicyclic) bond motifs is 1. The van der Waals surface area contributed by atoms with E-state index >= 15 is 0 Å². The van der Waals surface area contributed by atoms with Gasteiger partial charge in [-0.3, -0.25) is 0 Å². The molecule has 3 aromatic rings. The Hall–Kier alpha value is -1.81. The van der Waals surface area contributed by atoms with Gasteiger partial charge in [0.15, 0.2) is 0 Å². The normalized spacial score (nSPS) is 12.3. The van der Waals surface area contributed by atoms with Gasteiger partial charge in [0.2, 0.25) is 0 Å². The number of aromatic nitrogens is 1. The van der Waals surface area contributed by atoms with Crippen LogP contribution in [0.3, 0.4) is 0 Å². The highest BCUT2D eigenvalue weighted by Crippen LogP contribution is 2.25. The molecule has 1 aromatic heterocycles. The van der Waals surface area contributed by atoms with Crippen molar-refractivity contribution >= 4 is 39.8 Å². The third-order valence-corrected chi connectivity index (χ3v) is 3.87. The molecular weight excluding hydrogens is 319 g/mol. The maximum atomic E-state index is 10.2. The summed E-state index contributed by atoms with van der Waals surface area (Å²) in [6, 6.07) is 16.8. The molecule has 0 aliphatic rings. The predicted octanol–water partition coefficient (Wildman–Crippen LogP) is 4.69. The van der Waals surface area contributed by atoms with Crippen molar-refractivity contribution in [3.8, 4) is 0 Å². The summed E-state index contributed by atoms with van der Waals surface area (Å²) in [6.45, 7) is 0.332. The molecule has 2 aromatic carbocycles. The molecule has 0 fully saturated rings. The molecular formula is C17H14Cl2N2O. The van der Waals surface area contributed by atoms with Crippen molar-refractivity contribution < 1.29 is 5.11 Å². The first-order valence-electron chi connectivity index (χ1n) is 6.86. The van der Waals surface area contributed by atoms with Gasteiger partial charge in [0.05, 0.1) is 6.10 Å². The van der Waals surface area contributed by atoms with Gasteiger partial charge in [0.1, 0.15) is 11.0 Å². The molecule has 0 aliphatic carbocycles. The molecule has 0 aliphatic heterocycles. The molecule has 0 radical (unpaired) electrons. The van der Waals surface area contributed by atoms with Crippen LogP contribution in [-0.2, 0) is 0 Å². The van der Waals surface area contributed by atoms with Crippen molar-refractivity contribution in [1.82, 2.24) is 4.98 Å². The monoisotopic (exact) mass is 332 g/mol. The number of hydrogen-bond donors (Lipinski definition) is 2. The summed E-state index contributed by atoms with van der Waals surface area (Å²) in [7, 11) is 0. The molecule has 2 N–H and O–H groups in total. The topological polar surface area (TPSA) is 45.1 Å². The summed E-state index contributed by atoms with van der Waals surface area (Å²) in [5, 5.41) is 16.4. The number of anilines is 1. The van der Waals surface area contributed by atoms with Crippen LogP contribution >= 0.6 is 23.2 Å². The lowest BCUT2D eigenvalue weighted by Crippen LogP contribution is -2.13. The fourth-order valence-electron chi connectivity index (χ4n) is 2.30. The first kappa shape index (κ1) is 15.1. The highest BCUT2D eigenvalue weighted by atomic mass is 35.5. The van der Waals surface area contributed by atoms with Gasteiger partial charge in [0.25, 0.3) is 0 Å². The highest BCUT2D eigenvalue weighted by Gasteiger charge is 2.10. The average Bonchev–Trinajstić information content (AvgIpc) is 2.52. The quantitative estimate of drug-likeness (QED) is 0.681. The van der Waals surface area contributed by atoms with E-state index < -0.39 is 6.10 Å². The number of hydrogen-bond acceptors (Lipinski definition) is 3. The Kier molecular flexibility index (Phi) is 4.48. The lowest BCUT2D eigenvalue weighted by atomic mass is 10.1. The molecule has 3 rings (SSSR count). The van der Waals surface area contributed by atoms with Gasteiger partial charge in [-0.2, -0.15) is 0 Å². The molecule has 1 unspecified atom stereocenters. The van der Waals surface area contributed by atoms with E-state index in [0.717, 1.165) is 16.3 Å². The van der Waals surface area contributed by atoms with Crippen LogP contribution in [0.5, 0.6) is 0 Å². The van der Waals surface area contributed by atoms with E-state index in [2.05, 4.69) is 10.3 Å². The van der Waals surface area contributed by atoms with E-state index in [1.54, 1.807) is 24.3 Å². The number of pyridine rings is 1. The Morgan fingerprint density at radius 3 is 2.55 bits per heavy atom. The minimum atomic E-state index is -0.656. The molecule has 1 heterocycles. The maximum absolute atomic E-state index is 10.2. The molecule has 0 saturated carbocycles. The van der Waals surface area contributed by atoms with Crippen molar-refractivity contribution in [2.45, 2.75) is 6.10 Å². The average molecular weight is 333 g/mol. The SMILES string of the molecule is OC(CNc1nc(Cl)cc2ccccc12)c1ccc(Cl)cc1. The summed E-state index contributed by atoms with van der Waals surface area (Å²) in [6.07, 6.45) is -0.656. The fourth-order valence-corrected chi connectivity index (χ4v) is 2.63. The van der Waals surface area contributed by atoms with Gasteiger partial charge in [-0.05, 0) is 29.1 Å². The lowest BCUT2D eigenvalue weighted by Gasteiger charge is -2.14. The molecule has 0 bridgehead atoms. The first-order valence-corrected chi connectivity index (χ1v) is 7.62. The zero-order valence-corrected chi connectivity index (χ0v) is 13.1. The van der Waals surface area contributed by atoms with Crippen LogP contribution in [-0.4, -0.2) is 16.6 Å². The number of nitrogens with zero attached hydrogens (tertiary/aromatic N) is 1. The predicted molar refractivity (Wildman–Crippen MR) is 91.7 cm³/mol. The summed E-state index contributed by atoms with van der Waals surface area (Å²) in [5.41, 5.74) is 0.795. The fraction of sp³-hybridized carbons (Fsp3) is 0.118. The number of rotatable bonds is 4. The Labute approximate surface area is 138 Å². The number of halogens is 2. The maximum Gasteiger partial charge on any atom is 0.135 e. The molecule has 0 spiro atoms. The van der Waals surface area contributed by atoms with E-state index in [1.165, 1.54) is 0 Å². The second-order valence-electron chi connectivity index (χ2n) is 4.96. The van der Waals surface area contributed by atoms with Crippen LogP contribution < -0.4 is 5.32 Å². The number of aliphatic hydroxyl groups is 1. The Balaban J connectivity index is 1.80. The van der Waals surface area contributed by atoms with Gasteiger partial charge in [0, 0.05) is 17.0 Å². The van der Waals surface area contributed by atoms with Crippen LogP contribution in [0.2, 0.25) is 10.2 Å². The van der Waals surface area contributed by atoms with Gasteiger partial charge in [-0.1, -0.05) is 59.6 Å². The molecule has 3 nitrogen and oxygen atoms in total. The van der Waals surface area contributed by atoms with E-state index in [4.69, 9.17) is 23.2 Å². The van der Waals surface area contributed by atoms with Crippen LogP contribution in [0.15, 0.2) is 54.6 Å². The summed E-state index contributed by atoms with van der Waals surface area (Å²) >= 11 is 11.9. The zero-order valence-electron chi connectivity index (χ0n) is 11.6. The van der Waals surface area contributed by atoms with Crippen LogP contribution in [0.25, 0.3) is 10.8 Å². The van der Waals surface area contributed by atoms with Gasteiger partial charge in [-0.15, -0.1) is 0 Å². The number of nitrogens with one attached hydrogen (secondary N) is 1. The van der Waals surface area contributed by atoms with Gasteiger partial charge >= 0.3 is 0 Å². The third-order valence-electron chi connectivity index (χ3n) is 3.43. The molecule has 0 amide bonds. The minimum absolute atomic E-state index is 0.332. The second kappa shape index (κ2) is 6.53. The van der Waals surface area contributed by atoms with E-state index in [0.29, 0.717) is 22.5 Å². The smallest absolute Gasteiger partial charge is 0.135 e. The van der Waals surface area contributed by atoms with Crippen LogP contribution in [0.1, 0.15) is 11.7 Å². The van der Waals surface area contributed by atoms with Crippen molar-refractivity contribution in [2.75, 3.05) is 11.9 Å². The molecule has 22 heavy (non-hydrogen) atoms. The third kappa shape index (κ3) is 3.33. The first-order chi connectivity index (χ1) is 10.6. The number of aliphatic hydroxyl groups excluding tert-OH is 1. The Morgan fingerprint density at radius 1 is 1.05 bits per heavy atom. The number of benzene rings is 2. The summed E-state index contributed by atoms with van der Waals surface area (Å²) in [5.74, 6) is 0.663. The highest BCUT2D eigenvalue weighted by molar-refractivity contribution is 6.30. The molecule has 112 valence electrons. The largest absolute Gasteiger partial charge is 0.387 e. The molecule has 0 saturated heterocycles. The van der Waals surface area contributed by atoms with E-state index in [9.17, 15) is 5.11 Å². The summed E-state index contributed by atoms with van der Waals surface area (Å²) in [4.78, 5) is 4.30. The second-order valence-corrected chi connectivity index (χ2v) is 5.79. The van der Waals surface area contributed by atoms with E-state index in [-0.39, 0.29) is 0 Å². The zero-order chi connectivity index (χ0) is 15.5. The lowest BCUT2D eigenvalue weighted by molar-refractivity contribution is 0.191. The Bertz CT molecular complexity index is 790. The molecule has 1 atom stereocenters. The Morgan fingerprint density at radius 2 is 1.77 bits per heavy atom. The standard InChI is InChI=1S/C17H14Cl2N2O/c18-13-7-5-11(6-8-13)15(22)10-20-17-14-4-2-1-3-12(14)9-16(19)21-17/h1-9,15,22H,10H2,(H,20,21). The van der Waals surface area contributed by atoms with Crippen LogP contribution in [0.4, 0.5) is 5.82 Å². The van der Waals surface area contributed by atoms with Gasteiger partial charge < -0.3 is 10.4 Å². The summed E-state index contributed by atoms with van der Waals surface area (Å²) < 4.78 is 0.